The molecule has 1 aromatic heterocycles. The van der Waals surface area contributed by atoms with Gasteiger partial charge >= 0.3 is 0 Å². The van der Waals surface area contributed by atoms with Crippen molar-refractivity contribution in [2.75, 3.05) is 24.5 Å². The summed E-state index contributed by atoms with van der Waals surface area (Å²) >= 11 is 0. The molecule has 21 heavy (non-hydrogen) atoms. The first kappa shape index (κ1) is 12.6. The van der Waals surface area contributed by atoms with Gasteiger partial charge in [0.1, 0.15) is 5.82 Å². The number of nitriles is 1. The van der Waals surface area contributed by atoms with Gasteiger partial charge in [-0.25, -0.2) is 4.98 Å². The van der Waals surface area contributed by atoms with Crippen molar-refractivity contribution in [3.05, 3.63) is 35.9 Å². The minimum absolute atomic E-state index is 0.581. The van der Waals surface area contributed by atoms with E-state index in [9.17, 15) is 5.26 Å². The number of benzene rings is 1. The van der Waals surface area contributed by atoms with Crippen LogP contribution in [0.25, 0.3) is 10.9 Å². The number of rotatable bonds is 1. The first-order chi connectivity index (χ1) is 10.3. The molecule has 0 radical (unpaired) electrons. The molecule has 4 rings (SSSR count). The summed E-state index contributed by atoms with van der Waals surface area (Å²) in [6.07, 6.45) is 2.57. The van der Waals surface area contributed by atoms with Gasteiger partial charge in [-0.1, -0.05) is 18.2 Å². The van der Waals surface area contributed by atoms with Crippen LogP contribution in [0.4, 0.5) is 5.82 Å². The molecule has 2 aromatic rings. The lowest BCUT2D eigenvalue weighted by atomic mass is 9.94. The topological polar surface area (TPSA) is 52.0 Å². The third kappa shape index (κ3) is 2.14. The molecule has 0 bridgehead atoms. The van der Waals surface area contributed by atoms with Crippen molar-refractivity contribution in [1.29, 1.82) is 5.26 Å². The average molecular weight is 278 g/mol. The Labute approximate surface area is 124 Å². The minimum atomic E-state index is 0.581. The van der Waals surface area contributed by atoms with Gasteiger partial charge in [-0.05, 0) is 37.4 Å². The lowest BCUT2D eigenvalue weighted by molar-refractivity contribution is 0.340. The van der Waals surface area contributed by atoms with Crippen LogP contribution < -0.4 is 10.2 Å². The zero-order valence-electron chi connectivity index (χ0n) is 11.9. The summed E-state index contributed by atoms with van der Waals surface area (Å²) in [5.41, 5.74) is 1.63. The number of hydrogen-bond acceptors (Lipinski definition) is 4. The Morgan fingerprint density at radius 3 is 3.05 bits per heavy atom. The van der Waals surface area contributed by atoms with Gasteiger partial charge in [0.05, 0.1) is 17.1 Å². The van der Waals surface area contributed by atoms with E-state index in [1.54, 1.807) is 0 Å². The fraction of sp³-hybridized carbons (Fsp3) is 0.412. The van der Waals surface area contributed by atoms with E-state index >= 15 is 0 Å². The molecule has 106 valence electrons. The molecule has 2 unspecified atom stereocenters. The fourth-order valence-corrected chi connectivity index (χ4v) is 3.65. The van der Waals surface area contributed by atoms with Crippen LogP contribution in [0, 0.1) is 17.2 Å². The van der Waals surface area contributed by atoms with Crippen LogP contribution in [-0.2, 0) is 0 Å². The predicted octanol–water partition coefficient (Wildman–Crippen LogP) is 2.29. The van der Waals surface area contributed by atoms with Crippen LogP contribution in [0.1, 0.15) is 18.4 Å². The van der Waals surface area contributed by atoms with Gasteiger partial charge in [-0.3, -0.25) is 0 Å². The Balaban J connectivity index is 1.72. The van der Waals surface area contributed by atoms with Crippen LogP contribution in [-0.4, -0.2) is 30.7 Å². The summed E-state index contributed by atoms with van der Waals surface area (Å²) in [4.78, 5) is 7.11. The number of aromatic nitrogens is 1. The smallest absolute Gasteiger partial charge is 0.130 e. The van der Waals surface area contributed by atoms with Crippen LogP contribution in [0.5, 0.6) is 0 Å². The molecule has 3 heterocycles. The van der Waals surface area contributed by atoms with E-state index in [4.69, 9.17) is 4.98 Å². The number of nitrogens with one attached hydrogen (secondary N) is 1. The average Bonchev–Trinajstić information content (AvgIpc) is 2.98. The normalized spacial score (nSPS) is 24.8. The number of piperidine rings is 1. The Morgan fingerprint density at radius 2 is 2.19 bits per heavy atom. The van der Waals surface area contributed by atoms with E-state index in [0.717, 1.165) is 47.8 Å². The lowest BCUT2D eigenvalue weighted by Gasteiger charge is -2.24. The Bertz CT molecular complexity index is 704. The maximum absolute atomic E-state index is 9.40. The fourth-order valence-electron chi connectivity index (χ4n) is 3.65. The number of anilines is 1. The molecule has 2 aliphatic heterocycles. The van der Waals surface area contributed by atoms with Crippen molar-refractivity contribution in [1.82, 2.24) is 10.3 Å². The maximum atomic E-state index is 9.40. The van der Waals surface area contributed by atoms with Gasteiger partial charge in [0.2, 0.25) is 0 Å². The molecular weight excluding hydrogens is 260 g/mol. The van der Waals surface area contributed by atoms with Crippen LogP contribution in [0.15, 0.2) is 30.3 Å². The molecular formula is C17H18N4. The van der Waals surface area contributed by atoms with Gasteiger partial charge in [0.25, 0.3) is 0 Å². The van der Waals surface area contributed by atoms with E-state index in [2.05, 4.69) is 16.3 Å². The highest BCUT2D eigenvalue weighted by molar-refractivity contribution is 5.86. The van der Waals surface area contributed by atoms with Crippen LogP contribution in [0.3, 0.4) is 0 Å². The molecule has 2 fully saturated rings. The number of pyridine rings is 1. The monoisotopic (exact) mass is 278 g/mol. The van der Waals surface area contributed by atoms with Crippen molar-refractivity contribution in [2.24, 2.45) is 5.92 Å². The molecule has 2 aliphatic rings. The van der Waals surface area contributed by atoms with Crippen LogP contribution >= 0.6 is 0 Å². The van der Waals surface area contributed by atoms with Crippen molar-refractivity contribution in [3.63, 3.8) is 0 Å². The van der Waals surface area contributed by atoms with Gasteiger partial charge in [-0.2, -0.15) is 5.26 Å². The number of para-hydroxylation sites is 1. The largest absolute Gasteiger partial charge is 0.355 e. The highest BCUT2D eigenvalue weighted by atomic mass is 15.2. The summed E-state index contributed by atoms with van der Waals surface area (Å²) in [6, 6.07) is 12.7. The van der Waals surface area contributed by atoms with E-state index in [1.165, 1.54) is 12.8 Å². The highest BCUT2D eigenvalue weighted by Crippen LogP contribution is 2.30. The zero-order chi connectivity index (χ0) is 14.2. The Hall–Kier alpha value is -2.12. The van der Waals surface area contributed by atoms with Crippen molar-refractivity contribution >= 4 is 16.7 Å². The standard InChI is InChI=1S/C17H18N4/c18-9-13-8-17(20-15-6-2-1-5-14(13)15)21-10-12-4-3-7-19-16(12)11-21/h1-2,5-6,8,12,16,19H,3-4,7,10-11H2. The van der Waals surface area contributed by atoms with Gasteiger partial charge in [0.15, 0.2) is 0 Å². The number of hydrogen-bond donors (Lipinski definition) is 1. The van der Waals surface area contributed by atoms with Gasteiger partial charge < -0.3 is 10.2 Å². The van der Waals surface area contributed by atoms with E-state index < -0.39 is 0 Å². The minimum Gasteiger partial charge on any atom is -0.355 e. The molecule has 2 saturated heterocycles. The lowest BCUT2D eigenvalue weighted by Crippen LogP contribution is -2.40. The Kier molecular flexibility index (Phi) is 3.01. The Morgan fingerprint density at radius 1 is 1.29 bits per heavy atom. The third-order valence-corrected chi connectivity index (χ3v) is 4.75. The summed E-state index contributed by atoms with van der Waals surface area (Å²) < 4.78 is 0. The van der Waals surface area contributed by atoms with Gasteiger partial charge in [-0.15, -0.1) is 0 Å². The molecule has 4 heteroatoms. The third-order valence-electron chi connectivity index (χ3n) is 4.75. The number of nitrogens with zero attached hydrogens (tertiary/aromatic N) is 3. The predicted molar refractivity (Wildman–Crippen MR) is 83.2 cm³/mol. The second-order valence-electron chi connectivity index (χ2n) is 6.02. The van der Waals surface area contributed by atoms with E-state index in [0.29, 0.717) is 6.04 Å². The maximum Gasteiger partial charge on any atom is 0.130 e. The van der Waals surface area contributed by atoms with Gasteiger partial charge in [0, 0.05) is 24.5 Å². The van der Waals surface area contributed by atoms with Crippen molar-refractivity contribution < 1.29 is 0 Å². The van der Waals surface area contributed by atoms with Crippen molar-refractivity contribution in [2.45, 2.75) is 18.9 Å². The van der Waals surface area contributed by atoms with E-state index in [1.807, 2.05) is 30.3 Å². The zero-order valence-corrected chi connectivity index (χ0v) is 11.9. The quantitative estimate of drug-likeness (QED) is 0.869. The first-order valence-corrected chi connectivity index (χ1v) is 7.63. The second kappa shape index (κ2) is 5.01. The summed E-state index contributed by atoms with van der Waals surface area (Å²) in [5.74, 6) is 1.67. The molecule has 0 spiro atoms. The highest BCUT2D eigenvalue weighted by Gasteiger charge is 2.34. The molecule has 0 aliphatic carbocycles. The molecule has 4 nitrogen and oxygen atoms in total. The van der Waals surface area contributed by atoms with Crippen LogP contribution in [0.2, 0.25) is 0 Å². The summed E-state index contributed by atoms with van der Waals surface area (Å²) in [7, 11) is 0. The molecule has 0 saturated carbocycles. The molecule has 0 amide bonds. The molecule has 2 atom stereocenters. The molecule has 1 aromatic carbocycles. The SMILES string of the molecule is N#Cc1cc(N2CC3CCCNC3C2)nc2ccccc12. The summed E-state index contributed by atoms with van der Waals surface area (Å²) in [5, 5.41) is 14.0. The first-order valence-electron chi connectivity index (χ1n) is 7.63. The van der Waals surface area contributed by atoms with E-state index in [-0.39, 0.29) is 0 Å². The van der Waals surface area contributed by atoms with Crippen molar-refractivity contribution in [3.8, 4) is 6.07 Å². The number of fused-ring (bicyclic) bond motifs is 2. The second-order valence-corrected chi connectivity index (χ2v) is 6.02. The summed E-state index contributed by atoms with van der Waals surface area (Å²) in [6.45, 7) is 3.18. The molecule has 1 N–H and O–H groups in total.